The molecule has 0 saturated carbocycles. The summed E-state index contributed by atoms with van der Waals surface area (Å²) in [7, 11) is 0. The molecular weight excluding hydrogens is 424 g/mol. The van der Waals surface area contributed by atoms with Crippen molar-refractivity contribution in [2.45, 2.75) is 24.9 Å². The minimum Gasteiger partial charge on any atom is -0.491 e. The lowest BCUT2D eigenvalue weighted by Crippen LogP contribution is -2.28. The monoisotopic (exact) mass is 456 g/mol. The highest BCUT2D eigenvalue weighted by atomic mass is 16.5. The van der Waals surface area contributed by atoms with Crippen LogP contribution in [0.25, 0.3) is 11.1 Å². The number of aliphatic hydroxyl groups excluding tert-OH is 2. The lowest BCUT2D eigenvalue weighted by molar-refractivity contribution is 0.0553. The number of aliphatic hydroxyl groups is 2. The Hall–Kier alpha value is -3.18. The predicted octanol–water partition coefficient (Wildman–Crippen LogP) is 5.29. The van der Waals surface area contributed by atoms with Crippen molar-refractivity contribution in [3.8, 4) is 16.9 Å². The van der Waals surface area contributed by atoms with Crippen molar-refractivity contribution in [2.24, 2.45) is 0 Å². The van der Waals surface area contributed by atoms with Crippen molar-refractivity contribution >= 4 is 0 Å². The Bertz CT molecular complexity index is 1100. The van der Waals surface area contributed by atoms with E-state index in [-0.39, 0.29) is 31.3 Å². The van der Waals surface area contributed by atoms with Crippen molar-refractivity contribution in [3.05, 3.63) is 114 Å². The van der Waals surface area contributed by atoms with E-state index in [1.807, 2.05) is 18.2 Å². The molecule has 4 nitrogen and oxygen atoms in total. The number of rotatable bonds is 10. The van der Waals surface area contributed by atoms with Crippen LogP contribution in [-0.2, 0) is 10.2 Å². The van der Waals surface area contributed by atoms with Gasteiger partial charge in [0, 0.05) is 5.41 Å². The number of ether oxygens (including phenoxy) is 2. The maximum absolute atomic E-state index is 9.07. The normalized spacial score (nSPS) is 17.1. The molecule has 0 saturated heterocycles. The zero-order valence-electron chi connectivity index (χ0n) is 19.6. The van der Waals surface area contributed by atoms with E-state index in [1.54, 1.807) is 0 Å². The van der Waals surface area contributed by atoms with E-state index in [0.29, 0.717) is 6.61 Å². The first-order chi connectivity index (χ1) is 16.6. The summed E-state index contributed by atoms with van der Waals surface area (Å²) in [6.07, 6.45) is 7.22. The van der Waals surface area contributed by atoms with Gasteiger partial charge in [-0.2, -0.15) is 0 Å². The van der Waals surface area contributed by atoms with Gasteiger partial charge < -0.3 is 19.7 Å². The van der Waals surface area contributed by atoms with Crippen molar-refractivity contribution in [1.29, 1.82) is 0 Å². The molecule has 0 aliphatic heterocycles. The highest BCUT2D eigenvalue weighted by Crippen LogP contribution is 2.42. The molecule has 34 heavy (non-hydrogen) atoms. The number of benzene rings is 3. The summed E-state index contributed by atoms with van der Waals surface area (Å²) in [6, 6.07) is 27.3. The second-order valence-corrected chi connectivity index (χ2v) is 8.55. The molecular formula is C30H32O4. The van der Waals surface area contributed by atoms with Crippen molar-refractivity contribution < 1.29 is 19.7 Å². The summed E-state index contributed by atoms with van der Waals surface area (Å²) in [6.45, 7) is 2.88. The van der Waals surface area contributed by atoms with Crippen LogP contribution in [0.4, 0.5) is 0 Å². The molecule has 4 rings (SSSR count). The van der Waals surface area contributed by atoms with E-state index in [1.165, 1.54) is 22.3 Å². The average Bonchev–Trinajstić information content (AvgIpc) is 2.91. The average molecular weight is 457 g/mol. The number of hydrogen-bond acceptors (Lipinski definition) is 4. The maximum atomic E-state index is 9.07. The van der Waals surface area contributed by atoms with Gasteiger partial charge in [-0.3, -0.25) is 0 Å². The summed E-state index contributed by atoms with van der Waals surface area (Å²) >= 11 is 0. The lowest BCUT2D eigenvalue weighted by atomic mass is 9.69. The fourth-order valence-electron chi connectivity index (χ4n) is 4.47. The Labute approximate surface area is 201 Å². The molecule has 0 heterocycles. The van der Waals surface area contributed by atoms with Gasteiger partial charge in [-0.05, 0) is 53.3 Å². The fourth-order valence-corrected chi connectivity index (χ4v) is 4.47. The molecule has 0 aromatic heterocycles. The van der Waals surface area contributed by atoms with E-state index < -0.39 is 0 Å². The molecule has 2 unspecified atom stereocenters. The Balaban J connectivity index is 1.68. The van der Waals surface area contributed by atoms with Gasteiger partial charge in [0.15, 0.2) is 0 Å². The standard InChI is InChI=1S/C30H32O4/c1-30(26-11-15-28(16-12-26)33-21-19-31,27-13-17-29(18-14-27)34-22-20-32)25-9-7-24(8-10-25)23-5-3-2-4-6-23/h2-17,29,31-32H,18-22H2,1H3. The highest BCUT2D eigenvalue weighted by Gasteiger charge is 2.33. The van der Waals surface area contributed by atoms with Crippen LogP contribution in [0.2, 0.25) is 0 Å². The Morgan fingerprint density at radius 1 is 0.794 bits per heavy atom. The molecule has 0 spiro atoms. The van der Waals surface area contributed by atoms with E-state index in [2.05, 4.69) is 85.8 Å². The van der Waals surface area contributed by atoms with Crippen LogP contribution in [-0.4, -0.2) is 42.7 Å². The largest absolute Gasteiger partial charge is 0.491 e. The summed E-state index contributed by atoms with van der Waals surface area (Å²) in [5.41, 5.74) is 5.56. The third-order valence-corrected chi connectivity index (χ3v) is 6.42. The van der Waals surface area contributed by atoms with Crippen LogP contribution in [0.15, 0.2) is 103 Å². The molecule has 0 fully saturated rings. The summed E-state index contributed by atoms with van der Waals surface area (Å²) in [4.78, 5) is 0. The number of hydrogen-bond donors (Lipinski definition) is 2. The van der Waals surface area contributed by atoms with Gasteiger partial charge in [0.05, 0.1) is 25.9 Å². The second-order valence-electron chi connectivity index (χ2n) is 8.55. The van der Waals surface area contributed by atoms with Crippen LogP contribution in [0.1, 0.15) is 24.5 Å². The molecule has 0 amide bonds. The van der Waals surface area contributed by atoms with E-state index in [9.17, 15) is 0 Å². The minimum atomic E-state index is -0.372. The van der Waals surface area contributed by atoms with Gasteiger partial charge in [-0.25, -0.2) is 0 Å². The zero-order valence-corrected chi connectivity index (χ0v) is 19.6. The Morgan fingerprint density at radius 2 is 1.41 bits per heavy atom. The quantitative estimate of drug-likeness (QED) is 0.435. The topological polar surface area (TPSA) is 58.9 Å². The highest BCUT2D eigenvalue weighted by molar-refractivity contribution is 5.65. The van der Waals surface area contributed by atoms with Gasteiger partial charge in [-0.1, -0.05) is 85.0 Å². The van der Waals surface area contributed by atoms with Gasteiger partial charge in [0.2, 0.25) is 0 Å². The zero-order chi connectivity index (χ0) is 23.8. The number of allylic oxidation sites excluding steroid dienone is 2. The smallest absolute Gasteiger partial charge is 0.119 e. The first kappa shape index (κ1) is 24.0. The van der Waals surface area contributed by atoms with Crippen LogP contribution in [0, 0.1) is 0 Å². The maximum Gasteiger partial charge on any atom is 0.119 e. The molecule has 0 bridgehead atoms. The molecule has 1 aliphatic rings. The second kappa shape index (κ2) is 11.3. The van der Waals surface area contributed by atoms with E-state index >= 15 is 0 Å². The Morgan fingerprint density at radius 3 is 2.00 bits per heavy atom. The first-order valence-corrected chi connectivity index (χ1v) is 11.8. The third kappa shape index (κ3) is 5.31. The molecule has 176 valence electrons. The molecule has 3 aromatic carbocycles. The van der Waals surface area contributed by atoms with E-state index in [4.69, 9.17) is 19.7 Å². The third-order valence-electron chi connectivity index (χ3n) is 6.42. The van der Waals surface area contributed by atoms with Crippen LogP contribution >= 0.6 is 0 Å². The van der Waals surface area contributed by atoms with Gasteiger partial charge in [0.1, 0.15) is 12.4 Å². The van der Waals surface area contributed by atoms with Gasteiger partial charge in [-0.15, -0.1) is 0 Å². The SMILES string of the molecule is CC(C1=CCC(OCCO)C=C1)(c1ccc(OCCO)cc1)c1ccc(-c2ccccc2)cc1. The predicted molar refractivity (Wildman–Crippen MR) is 136 cm³/mol. The summed E-state index contributed by atoms with van der Waals surface area (Å²) in [5, 5.41) is 18.1. The van der Waals surface area contributed by atoms with Gasteiger partial charge in [0.25, 0.3) is 0 Å². The molecule has 2 N–H and O–H groups in total. The van der Waals surface area contributed by atoms with Crippen LogP contribution in [0.5, 0.6) is 5.75 Å². The summed E-state index contributed by atoms with van der Waals surface area (Å²) in [5.74, 6) is 0.741. The van der Waals surface area contributed by atoms with Crippen molar-refractivity contribution in [1.82, 2.24) is 0 Å². The van der Waals surface area contributed by atoms with Crippen LogP contribution in [0.3, 0.4) is 0 Å². The molecule has 2 atom stereocenters. The molecule has 1 aliphatic carbocycles. The van der Waals surface area contributed by atoms with E-state index in [0.717, 1.165) is 17.7 Å². The van der Waals surface area contributed by atoms with Crippen LogP contribution < -0.4 is 4.74 Å². The molecule has 3 aromatic rings. The van der Waals surface area contributed by atoms with Gasteiger partial charge >= 0.3 is 0 Å². The molecule has 4 heteroatoms. The lowest BCUT2D eigenvalue weighted by Gasteiger charge is -2.35. The molecule has 0 radical (unpaired) electrons. The fraction of sp³-hybridized carbons (Fsp3) is 0.267. The summed E-state index contributed by atoms with van der Waals surface area (Å²) < 4.78 is 11.3. The Kier molecular flexibility index (Phi) is 7.96. The first-order valence-electron chi connectivity index (χ1n) is 11.8. The van der Waals surface area contributed by atoms with Crippen molar-refractivity contribution in [3.63, 3.8) is 0 Å². The minimum absolute atomic E-state index is 0.00949. The van der Waals surface area contributed by atoms with Crippen molar-refractivity contribution in [2.75, 3.05) is 26.4 Å².